The van der Waals surface area contributed by atoms with Crippen LogP contribution in [0.4, 0.5) is 0 Å². The number of ether oxygens (including phenoxy) is 1. The van der Waals surface area contributed by atoms with E-state index < -0.39 is 4.51 Å². The van der Waals surface area contributed by atoms with Crippen LogP contribution in [0.3, 0.4) is 0 Å². The van der Waals surface area contributed by atoms with E-state index in [9.17, 15) is 9.90 Å². The first-order chi connectivity index (χ1) is 5.56. The molecule has 0 radical (unpaired) electrons. The highest BCUT2D eigenvalue weighted by Gasteiger charge is 2.43. The Balaban J connectivity index is 2.32. The second-order valence-corrected chi connectivity index (χ2v) is 4.45. The molecule has 1 fully saturated rings. The zero-order valence-electron chi connectivity index (χ0n) is 7.05. The van der Waals surface area contributed by atoms with Gasteiger partial charge in [-0.05, 0) is 25.7 Å². The number of aliphatic hydroxyl groups is 1. The average Bonchev–Trinajstić information content (AvgIpc) is 2.65. The van der Waals surface area contributed by atoms with E-state index in [4.69, 9.17) is 4.74 Å². The van der Waals surface area contributed by atoms with Crippen LogP contribution < -0.4 is 0 Å². The number of carbonyl (C=O) groups excluding carboxylic acids is 1. The maximum absolute atomic E-state index is 11.0. The quantitative estimate of drug-likeness (QED) is 0.594. The molecule has 4 heteroatoms. The summed E-state index contributed by atoms with van der Waals surface area (Å²) < 4.78 is 3.70. The van der Waals surface area contributed by atoms with Gasteiger partial charge in [-0.15, -0.1) is 0 Å². The molecule has 0 heterocycles. The smallest absolute Gasteiger partial charge is 0.309 e. The summed E-state index contributed by atoms with van der Waals surface area (Å²) in [6, 6.07) is 0. The van der Waals surface area contributed by atoms with Crippen LogP contribution in [0.1, 0.15) is 26.2 Å². The lowest BCUT2D eigenvalue weighted by Crippen LogP contribution is -2.27. The number of hydrogen-bond acceptors (Lipinski definition) is 3. The Kier molecular flexibility index (Phi) is 3.12. The molecule has 3 nitrogen and oxygen atoms in total. The summed E-state index contributed by atoms with van der Waals surface area (Å²) in [6.45, 7) is 2.12. The Bertz CT molecular complexity index is 175. The van der Waals surface area contributed by atoms with Gasteiger partial charge in [0.15, 0.2) is 0 Å². The van der Waals surface area contributed by atoms with Crippen molar-refractivity contribution in [3.63, 3.8) is 0 Å². The molecule has 1 aliphatic rings. The van der Waals surface area contributed by atoms with E-state index in [-0.39, 0.29) is 18.3 Å². The van der Waals surface area contributed by atoms with Gasteiger partial charge >= 0.3 is 5.97 Å². The molecular weight excluding hydrogens is 224 g/mol. The molecular formula is C8H13BrO3. The van der Waals surface area contributed by atoms with E-state index in [0.29, 0.717) is 6.61 Å². The SMILES string of the molecule is CCOC(=O)CC(O)(Br)C1CC1. The monoisotopic (exact) mass is 236 g/mol. The second-order valence-electron chi connectivity index (χ2n) is 3.07. The third kappa shape index (κ3) is 2.75. The largest absolute Gasteiger partial charge is 0.466 e. The van der Waals surface area contributed by atoms with Gasteiger partial charge in [0.2, 0.25) is 0 Å². The van der Waals surface area contributed by atoms with Crippen molar-refractivity contribution < 1.29 is 14.6 Å². The molecule has 0 saturated heterocycles. The predicted molar refractivity (Wildman–Crippen MR) is 47.9 cm³/mol. The maximum Gasteiger partial charge on any atom is 0.309 e. The summed E-state index contributed by atoms with van der Waals surface area (Å²) in [4.78, 5) is 11.0. The number of hydrogen-bond donors (Lipinski definition) is 1. The summed E-state index contributed by atoms with van der Waals surface area (Å²) in [5.41, 5.74) is 0. The van der Waals surface area contributed by atoms with Crippen molar-refractivity contribution in [3.8, 4) is 0 Å². The fraction of sp³-hybridized carbons (Fsp3) is 0.875. The summed E-state index contributed by atoms with van der Waals surface area (Å²) >= 11 is 3.13. The van der Waals surface area contributed by atoms with E-state index >= 15 is 0 Å². The van der Waals surface area contributed by atoms with Crippen LogP contribution in [0.15, 0.2) is 0 Å². The van der Waals surface area contributed by atoms with Crippen LogP contribution in [-0.4, -0.2) is 22.2 Å². The third-order valence-corrected chi connectivity index (χ3v) is 2.83. The number of rotatable bonds is 4. The Morgan fingerprint density at radius 3 is 2.75 bits per heavy atom. The van der Waals surface area contributed by atoms with Crippen LogP contribution in [0, 0.1) is 5.92 Å². The molecule has 12 heavy (non-hydrogen) atoms. The van der Waals surface area contributed by atoms with Crippen LogP contribution >= 0.6 is 15.9 Å². The molecule has 1 saturated carbocycles. The van der Waals surface area contributed by atoms with Gasteiger partial charge in [-0.3, -0.25) is 4.79 Å². The van der Waals surface area contributed by atoms with Crippen molar-refractivity contribution in [3.05, 3.63) is 0 Å². The fourth-order valence-electron chi connectivity index (χ4n) is 1.08. The van der Waals surface area contributed by atoms with E-state index in [1.807, 2.05) is 0 Å². The van der Waals surface area contributed by atoms with Gasteiger partial charge in [0.1, 0.15) is 4.51 Å². The summed E-state index contributed by atoms with van der Waals surface area (Å²) in [6.07, 6.45) is 2.02. The molecule has 1 unspecified atom stereocenters. The first-order valence-electron chi connectivity index (χ1n) is 4.13. The molecule has 0 amide bonds. The topological polar surface area (TPSA) is 46.5 Å². The molecule has 0 bridgehead atoms. The van der Waals surface area contributed by atoms with Crippen LogP contribution in [0.5, 0.6) is 0 Å². The standard InChI is InChI=1S/C8H13BrO3/c1-2-12-7(10)5-8(9,11)6-3-4-6/h6,11H,2-5H2,1H3. The van der Waals surface area contributed by atoms with E-state index in [0.717, 1.165) is 12.8 Å². The molecule has 70 valence electrons. The maximum atomic E-state index is 11.0. The first-order valence-corrected chi connectivity index (χ1v) is 4.92. The Morgan fingerprint density at radius 2 is 2.33 bits per heavy atom. The van der Waals surface area contributed by atoms with Crippen molar-refractivity contribution >= 4 is 21.9 Å². The minimum Gasteiger partial charge on any atom is -0.466 e. The minimum absolute atomic E-state index is 0.0471. The number of carbonyl (C=O) groups is 1. The Hall–Kier alpha value is -0.0900. The van der Waals surface area contributed by atoms with Crippen LogP contribution in [0.2, 0.25) is 0 Å². The van der Waals surface area contributed by atoms with E-state index in [1.165, 1.54) is 0 Å². The lowest BCUT2D eigenvalue weighted by atomic mass is 10.2. The molecule has 1 N–H and O–H groups in total. The molecule has 1 atom stereocenters. The molecule has 0 aromatic carbocycles. The lowest BCUT2D eigenvalue weighted by Gasteiger charge is -2.18. The van der Waals surface area contributed by atoms with Crippen LogP contribution in [-0.2, 0) is 9.53 Å². The van der Waals surface area contributed by atoms with Gasteiger partial charge in [-0.25, -0.2) is 0 Å². The molecule has 0 aliphatic heterocycles. The zero-order valence-corrected chi connectivity index (χ0v) is 8.63. The highest BCUT2D eigenvalue weighted by molar-refractivity contribution is 9.10. The van der Waals surface area contributed by atoms with Crippen molar-refractivity contribution in [2.24, 2.45) is 5.92 Å². The lowest BCUT2D eigenvalue weighted by molar-refractivity contribution is -0.146. The fourth-order valence-corrected chi connectivity index (χ4v) is 1.77. The average molecular weight is 237 g/mol. The van der Waals surface area contributed by atoms with Gasteiger partial charge in [-0.1, -0.05) is 15.9 Å². The number of alkyl halides is 1. The molecule has 0 aromatic heterocycles. The van der Waals surface area contributed by atoms with Crippen molar-refractivity contribution in [2.75, 3.05) is 6.61 Å². The molecule has 0 spiro atoms. The number of esters is 1. The normalized spacial score (nSPS) is 21.6. The Morgan fingerprint density at radius 1 is 1.75 bits per heavy atom. The van der Waals surface area contributed by atoms with Gasteiger partial charge in [-0.2, -0.15) is 0 Å². The zero-order chi connectivity index (χ0) is 9.19. The summed E-state index contributed by atoms with van der Waals surface area (Å²) in [5, 5.41) is 9.67. The van der Waals surface area contributed by atoms with Crippen molar-refractivity contribution in [2.45, 2.75) is 30.7 Å². The van der Waals surface area contributed by atoms with Gasteiger partial charge in [0.25, 0.3) is 0 Å². The van der Waals surface area contributed by atoms with Gasteiger partial charge in [0, 0.05) is 0 Å². The Labute approximate surface area is 80.2 Å². The minimum atomic E-state index is -1.03. The summed E-state index contributed by atoms with van der Waals surface area (Å²) in [5.74, 6) is -0.120. The van der Waals surface area contributed by atoms with Gasteiger partial charge < -0.3 is 9.84 Å². The van der Waals surface area contributed by atoms with E-state index in [2.05, 4.69) is 15.9 Å². The third-order valence-electron chi connectivity index (χ3n) is 1.90. The van der Waals surface area contributed by atoms with Crippen LogP contribution in [0.25, 0.3) is 0 Å². The number of halogens is 1. The molecule has 1 aliphatic carbocycles. The molecule has 1 rings (SSSR count). The molecule has 0 aromatic rings. The second kappa shape index (κ2) is 3.75. The van der Waals surface area contributed by atoms with Crippen molar-refractivity contribution in [1.82, 2.24) is 0 Å². The van der Waals surface area contributed by atoms with Crippen molar-refractivity contribution in [1.29, 1.82) is 0 Å². The van der Waals surface area contributed by atoms with Gasteiger partial charge in [0.05, 0.1) is 13.0 Å². The summed E-state index contributed by atoms with van der Waals surface area (Å²) in [7, 11) is 0. The highest BCUT2D eigenvalue weighted by atomic mass is 79.9. The highest BCUT2D eigenvalue weighted by Crippen LogP contribution is 2.45. The predicted octanol–water partition coefficient (Wildman–Crippen LogP) is 1.43. The van der Waals surface area contributed by atoms with E-state index in [1.54, 1.807) is 6.92 Å². The first kappa shape index (κ1) is 9.99.